The van der Waals surface area contributed by atoms with Crippen molar-refractivity contribution >= 4 is 11.3 Å². The van der Waals surface area contributed by atoms with E-state index in [1.54, 1.807) is 18.4 Å². The van der Waals surface area contributed by atoms with Crippen molar-refractivity contribution in [2.75, 3.05) is 20.3 Å². The first kappa shape index (κ1) is 14.2. The van der Waals surface area contributed by atoms with Gasteiger partial charge in [0.2, 0.25) is 0 Å². The Labute approximate surface area is 117 Å². The molecule has 2 rings (SSSR count). The summed E-state index contributed by atoms with van der Waals surface area (Å²) >= 11 is 1.77. The summed E-state index contributed by atoms with van der Waals surface area (Å²) in [5, 5.41) is 12.5. The van der Waals surface area contributed by atoms with E-state index in [9.17, 15) is 5.11 Å². The molecule has 1 aromatic heterocycles. The van der Waals surface area contributed by atoms with Gasteiger partial charge in [-0.2, -0.15) is 0 Å². The second-order valence-electron chi connectivity index (χ2n) is 4.35. The Kier molecular flexibility index (Phi) is 5.54. The minimum Gasteiger partial charge on any atom is -0.395 e. The van der Waals surface area contributed by atoms with Crippen LogP contribution >= 0.6 is 11.3 Å². The number of aliphatic hydroxyl groups is 1. The zero-order valence-electron chi connectivity index (χ0n) is 11.0. The SMILES string of the molecule is COCC(CO)NCc1ccc(-c2ccccc2)s1. The molecule has 2 aromatic rings. The van der Waals surface area contributed by atoms with Crippen LogP contribution in [-0.2, 0) is 11.3 Å². The molecule has 0 fully saturated rings. The van der Waals surface area contributed by atoms with Gasteiger partial charge in [-0.15, -0.1) is 11.3 Å². The van der Waals surface area contributed by atoms with Crippen LogP contribution in [0.3, 0.4) is 0 Å². The van der Waals surface area contributed by atoms with Crippen molar-refractivity contribution in [2.24, 2.45) is 0 Å². The van der Waals surface area contributed by atoms with E-state index in [-0.39, 0.29) is 12.6 Å². The highest BCUT2D eigenvalue weighted by Crippen LogP contribution is 2.27. The van der Waals surface area contributed by atoms with Gasteiger partial charge in [0.05, 0.1) is 19.3 Å². The van der Waals surface area contributed by atoms with E-state index in [0.29, 0.717) is 6.61 Å². The number of hydrogen-bond acceptors (Lipinski definition) is 4. The van der Waals surface area contributed by atoms with Crippen LogP contribution in [0.5, 0.6) is 0 Å². The number of thiophene rings is 1. The van der Waals surface area contributed by atoms with Crippen molar-refractivity contribution in [2.45, 2.75) is 12.6 Å². The van der Waals surface area contributed by atoms with Crippen LogP contribution in [0, 0.1) is 0 Å². The van der Waals surface area contributed by atoms with Gasteiger partial charge in [0.15, 0.2) is 0 Å². The van der Waals surface area contributed by atoms with Crippen molar-refractivity contribution in [3.05, 3.63) is 47.3 Å². The molecule has 19 heavy (non-hydrogen) atoms. The van der Waals surface area contributed by atoms with Gasteiger partial charge in [-0.1, -0.05) is 30.3 Å². The summed E-state index contributed by atoms with van der Waals surface area (Å²) in [7, 11) is 1.64. The number of ether oxygens (including phenoxy) is 1. The first-order chi connectivity index (χ1) is 9.33. The van der Waals surface area contributed by atoms with Crippen molar-refractivity contribution < 1.29 is 9.84 Å². The topological polar surface area (TPSA) is 41.5 Å². The van der Waals surface area contributed by atoms with Crippen LogP contribution in [0.15, 0.2) is 42.5 Å². The van der Waals surface area contributed by atoms with Gasteiger partial charge >= 0.3 is 0 Å². The smallest absolute Gasteiger partial charge is 0.0638 e. The van der Waals surface area contributed by atoms with Crippen molar-refractivity contribution in [1.29, 1.82) is 0 Å². The summed E-state index contributed by atoms with van der Waals surface area (Å²) in [5.41, 5.74) is 1.24. The molecule has 0 radical (unpaired) electrons. The second kappa shape index (κ2) is 7.40. The van der Waals surface area contributed by atoms with E-state index >= 15 is 0 Å². The van der Waals surface area contributed by atoms with Gasteiger partial charge in [0.1, 0.15) is 0 Å². The van der Waals surface area contributed by atoms with Crippen molar-refractivity contribution in [1.82, 2.24) is 5.32 Å². The molecule has 0 aliphatic carbocycles. The molecule has 1 heterocycles. The fraction of sp³-hybridized carbons (Fsp3) is 0.333. The molecule has 102 valence electrons. The largest absolute Gasteiger partial charge is 0.395 e. The summed E-state index contributed by atoms with van der Waals surface area (Å²) in [6.45, 7) is 1.37. The van der Waals surface area contributed by atoms with Crippen molar-refractivity contribution in [3.63, 3.8) is 0 Å². The summed E-state index contributed by atoms with van der Waals surface area (Å²) in [4.78, 5) is 2.53. The van der Waals surface area contributed by atoms with Gasteiger partial charge in [0.25, 0.3) is 0 Å². The lowest BCUT2D eigenvalue weighted by Gasteiger charge is -2.14. The minimum atomic E-state index is -0.00715. The third kappa shape index (κ3) is 4.14. The maximum absolute atomic E-state index is 9.18. The number of aliphatic hydroxyl groups excluding tert-OH is 1. The zero-order chi connectivity index (χ0) is 13.5. The molecule has 1 atom stereocenters. The Bertz CT molecular complexity index is 484. The first-order valence-electron chi connectivity index (χ1n) is 6.31. The van der Waals surface area contributed by atoms with Crippen LogP contribution in [0.2, 0.25) is 0 Å². The van der Waals surface area contributed by atoms with Crippen LogP contribution in [0.1, 0.15) is 4.88 Å². The molecule has 0 amide bonds. The molecule has 0 bridgehead atoms. The molecule has 0 saturated carbocycles. The quantitative estimate of drug-likeness (QED) is 0.817. The number of nitrogens with one attached hydrogen (secondary N) is 1. The Hall–Kier alpha value is -1.20. The fourth-order valence-electron chi connectivity index (χ4n) is 1.85. The summed E-state index contributed by atoms with van der Waals surface area (Å²) < 4.78 is 5.04. The second-order valence-corrected chi connectivity index (χ2v) is 5.52. The third-order valence-electron chi connectivity index (χ3n) is 2.87. The van der Waals surface area contributed by atoms with Gasteiger partial charge < -0.3 is 15.2 Å². The van der Waals surface area contributed by atoms with E-state index in [1.165, 1.54) is 15.3 Å². The van der Waals surface area contributed by atoms with E-state index in [2.05, 4.69) is 29.6 Å². The highest BCUT2D eigenvalue weighted by Gasteiger charge is 2.07. The maximum Gasteiger partial charge on any atom is 0.0638 e. The van der Waals surface area contributed by atoms with E-state index in [4.69, 9.17) is 4.74 Å². The summed E-state index contributed by atoms with van der Waals surface area (Å²) in [6, 6.07) is 14.6. The number of hydrogen-bond donors (Lipinski definition) is 2. The third-order valence-corrected chi connectivity index (χ3v) is 4.01. The highest BCUT2D eigenvalue weighted by atomic mass is 32.1. The molecule has 0 aliphatic heterocycles. The van der Waals surface area contributed by atoms with E-state index < -0.39 is 0 Å². The van der Waals surface area contributed by atoms with Crippen molar-refractivity contribution in [3.8, 4) is 10.4 Å². The standard InChI is InChI=1S/C15H19NO2S/c1-18-11-13(10-17)16-9-14-7-8-15(19-14)12-5-3-2-4-6-12/h2-8,13,16-17H,9-11H2,1H3. The molecule has 4 heteroatoms. The lowest BCUT2D eigenvalue weighted by atomic mass is 10.2. The van der Waals surface area contributed by atoms with Gasteiger partial charge in [-0.25, -0.2) is 0 Å². The number of methoxy groups -OCH3 is 1. The Morgan fingerprint density at radius 2 is 2.00 bits per heavy atom. The average molecular weight is 277 g/mol. The number of rotatable bonds is 7. The minimum absolute atomic E-state index is 0.00715. The fourth-order valence-corrected chi connectivity index (χ4v) is 2.82. The zero-order valence-corrected chi connectivity index (χ0v) is 11.8. The molecule has 0 spiro atoms. The lowest BCUT2D eigenvalue weighted by Crippen LogP contribution is -2.35. The molecular formula is C15H19NO2S. The van der Waals surface area contributed by atoms with Gasteiger partial charge in [-0.05, 0) is 17.7 Å². The normalized spacial score (nSPS) is 12.5. The van der Waals surface area contributed by atoms with Crippen LogP contribution in [-0.4, -0.2) is 31.5 Å². The monoisotopic (exact) mass is 277 g/mol. The summed E-state index contributed by atoms with van der Waals surface area (Å²) in [6.07, 6.45) is 0. The van der Waals surface area contributed by atoms with E-state index in [1.807, 2.05) is 18.2 Å². The molecule has 0 saturated heterocycles. The molecule has 1 aromatic carbocycles. The predicted octanol–water partition coefficient (Wildman–Crippen LogP) is 2.51. The maximum atomic E-state index is 9.18. The lowest BCUT2D eigenvalue weighted by molar-refractivity contribution is 0.128. The molecule has 0 aliphatic rings. The Balaban J connectivity index is 1.94. The van der Waals surface area contributed by atoms with Crippen LogP contribution in [0.25, 0.3) is 10.4 Å². The Morgan fingerprint density at radius 1 is 1.21 bits per heavy atom. The van der Waals surface area contributed by atoms with Crippen LogP contribution in [0.4, 0.5) is 0 Å². The predicted molar refractivity (Wildman–Crippen MR) is 79.3 cm³/mol. The van der Waals surface area contributed by atoms with E-state index in [0.717, 1.165) is 6.54 Å². The van der Waals surface area contributed by atoms with Crippen LogP contribution < -0.4 is 5.32 Å². The van der Waals surface area contributed by atoms with Gasteiger partial charge in [-0.3, -0.25) is 0 Å². The summed E-state index contributed by atoms with van der Waals surface area (Å²) in [5.74, 6) is 0. The first-order valence-corrected chi connectivity index (χ1v) is 7.12. The molecule has 3 nitrogen and oxygen atoms in total. The number of benzene rings is 1. The average Bonchev–Trinajstić information content (AvgIpc) is 2.93. The van der Waals surface area contributed by atoms with Gasteiger partial charge in [0, 0.05) is 23.4 Å². The Morgan fingerprint density at radius 3 is 2.68 bits per heavy atom. The molecule has 2 N–H and O–H groups in total. The molecule has 1 unspecified atom stereocenters. The highest BCUT2D eigenvalue weighted by molar-refractivity contribution is 7.15. The molecular weight excluding hydrogens is 258 g/mol.